The number of benzene rings is 2. The minimum absolute atomic E-state index is 0.269. The Balaban J connectivity index is 1.45. The molecule has 4 rings (SSSR count). The first-order valence-corrected chi connectivity index (χ1v) is 8.87. The second-order valence-electron chi connectivity index (χ2n) is 6.57. The fourth-order valence-corrected chi connectivity index (χ4v) is 2.92. The third-order valence-electron chi connectivity index (χ3n) is 4.29. The van der Waals surface area contributed by atoms with E-state index in [1.54, 1.807) is 6.20 Å². The van der Waals surface area contributed by atoms with Crippen LogP contribution in [-0.2, 0) is 6.54 Å². The zero-order chi connectivity index (χ0) is 18.6. The van der Waals surface area contributed by atoms with Gasteiger partial charge < -0.3 is 20.1 Å². The molecule has 3 aromatic rings. The van der Waals surface area contributed by atoms with E-state index < -0.39 is 0 Å². The Hall–Kier alpha value is -3.35. The van der Waals surface area contributed by atoms with Gasteiger partial charge in [0.05, 0.1) is 6.20 Å². The van der Waals surface area contributed by atoms with Gasteiger partial charge in [-0.05, 0) is 35.2 Å². The molecule has 0 fully saturated rings. The van der Waals surface area contributed by atoms with E-state index >= 15 is 0 Å². The molecule has 1 aliphatic heterocycles. The van der Waals surface area contributed by atoms with E-state index in [0.717, 1.165) is 22.7 Å². The Morgan fingerprint density at radius 1 is 1.07 bits per heavy atom. The van der Waals surface area contributed by atoms with E-state index in [0.29, 0.717) is 24.2 Å². The number of nitrogens with zero attached hydrogens (tertiary/aromatic N) is 3. The van der Waals surface area contributed by atoms with Crippen molar-refractivity contribution in [1.82, 2.24) is 15.2 Å². The molecule has 2 heterocycles. The first-order valence-electron chi connectivity index (χ1n) is 8.87. The molecule has 138 valence electrons. The maximum atomic E-state index is 5.40. The van der Waals surface area contributed by atoms with E-state index in [4.69, 9.17) is 9.47 Å². The number of para-hydroxylation sites is 1. The highest BCUT2D eigenvalue weighted by Gasteiger charge is 2.13. The summed E-state index contributed by atoms with van der Waals surface area (Å²) >= 11 is 0. The van der Waals surface area contributed by atoms with Crippen molar-refractivity contribution in [2.45, 2.75) is 26.3 Å². The van der Waals surface area contributed by atoms with E-state index in [2.05, 4.69) is 45.7 Å². The van der Waals surface area contributed by atoms with Crippen molar-refractivity contribution < 1.29 is 9.47 Å². The number of nitrogens with one attached hydrogen (secondary N) is 2. The molecule has 0 spiro atoms. The lowest BCUT2D eigenvalue weighted by Crippen LogP contribution is -2.07. The summed E-state index contributed by atoms with van der Waals surface area (Å²) in [7, 11) is 0. The molecule has 1 aliphatic rings. The lowest BCUT2D eigenvalue weighted by Gasteiger charge is -2.14. The van der Waals surface area contributed by atoms with Gasteiger partial charge >= 0.3 is 0 Å². The predicted molar refractivity (Wildman–Crippen MR) is 104 cm³/mol. The standard InChI is InChI=1S/C20H21N5O2/c1-13(2)15-5-3-4-6-16(15)23-19-11-22-25-20(24-19)21-10-14-7-8-17-18(9-14)27-12-26-17/h3-9,11,13H,10,12H2,1-2H3,(H2,21,23,24,25). The number of anilines is 3. The first kappa shape index (κ1) is 17.1. The summed E-state index contributed by atoms with van der Waals surface area (Å²) in [4.78, 5) is 4.50. The summed E-state index contributed by atoms with van der Waals surface area (Å²) in [6.07, 6.45) is 1.61. The van der Waals surface area contributed by atoms with Crippen LogP contribution in [0.15, 0.2) is 48.7 Å². The number of aromatic nitrogens is 3. The van der Waals surface area contributed by atoms with Crippen molar-refractivity contribution in [3.63, 3.8) is 0 Å². The van der Waals surface area contributed by atoms with Crippen LogP contribution >= 0.6 is 0 Å². The minimum atomic E-state index is 0.269. The van der Waals surface area contributed by atoms with Crippen molar-refractivity contribution in [2.24, 2.45) is 0 Å². The first-order chi connectivity index (χ1) is 13.2. The van der Waals surface area contributed by atoms with E-state index in [-0.39, 0.29) is 6.79 Å². The lowest BCUT2D eigenvalue weighted by molar-refractivity contribution is 0.174. The molecule has 0 bridgehead atoms. The molecule has 7 nitrogen and oxygen atoms in total. The van der Waals surface area contributed by atoms with Crippen molar-refractivity contribution in [3.05, 3.63) is 59.8 Å². The largest absolute Gasteiger partial charge is 0.454 e. The van der Waals surface area contributed by atoms with Gasteiger partial charge in [-0.25, -0.2) is 0 Å². The van der Waals surface area contributed by atoms with Gasteiger partial charge in [0.15, 0.2) is 17.3 Å². The molecule has 27 heavy (non-hydrogen) atoms. The summed E-state index contributed by atoms with van der Waals surface area (Å²) < 4.78 is 10.7. The summed E-state index contributed by atoms with van der Waals surface area (Å²) in [5, 5.41) is 14.6. The van der Waals surface area contributed by atoms with Crippen molar-refractivity contribution >= 4 is 17.5 Å². The van der Waals surface area contributed by atoms with Crippen LogP contribution in [0.1, 0.15) is 30.9 Å². The molecule has 0 radical (unpaired) electrons. The van der Waals surface area contributed by atoms with Gasteiger partial charge in [-0.15, -0.1) is 5.10 Å². The summed E-state index contributed by atoms with van der Waals surface area (Å²) in [5.74, 6) is 3.04. The van der Waals surface area contributed by atoms with E-state index in [1.807, 2.05) is 36.4 Å². The number of ether oxygens (including phenoxy) is 2. The van der Waals surface area contributed by atoms with Gasteiger partial charge in [0.2, 0.25) is 12.7 Å². The second kappa shape index (κ2) is 7.49. The zero-order valence-electron chi connectivity index (χ0n) is 15.3. The second-order valence-corrected chi connectivity index (χ2v) is 6.57. The number of hydrogen-bond acceptors (Lipinski definition) is 7. The average molecular weight is 363 g/mol. The average Bonchev–Trinajstić information content (AvgIpc) is 3.15. The fourth-order valence-electron chi connectivity index (χ4n) is 2.92. The highest BCUT2D eigenvalue weighted by atomic mass is 16.7. The van der Waals surface area contributed by atoms with Gasteiger partial charge in [-0.1, -0.05) is 38.1 Å². The molecule has 2 aromatic carbocycles. The highest BCUT2D eigenvalue weighted by Crippen LogP contribution is 2.32. The Morgan fingerprint density at radius 2 is 1.93 bits per heavy atom. The van der Waals surface area contributed by atoms with E-state index in [1.165, 1.54) is 5.56 Å². The van der Waals surface area contributed by atoms with Crippen LogP contribution in [-0.4, -0.2) is 22.0 Å². The molecule has 0 saturated heterocycles. The van der Waals surface area contributed by atoms with Crippen LogP contribution in [0.2, 0.25) is 0 Å². The molecular weight excluding hydrogens is 342 g/mol. The summed E-state index contributed by atoms with van der Waals surface area (Å²) in [5.41, 5.74) is 3.30. The maximum Gasteiger partial charge on any atom is 0.244 e. The Labute approximate surface area is 157 Å². The highest BCUT2D eigenvalue weighted by molar-refractivity contribution is 5.61. The Kier molecular flexibility index (Phi) is 4.74. The molecule has 7 heteroatoms. The van der Waals surface area contributed by atoms with Gasteiger partial charge in [-0.2, -0.15) is 10.1 Å². The van der Waals surface area contributed by atoms with Crippen LogP contribution in [0.3, 0.4) is 0 Å². The number of hydrogen-bond donors (Lipinski definition) is 2. The molecule has 2 N–H and O–H groups in total. The Bertz CT molecular complexity index is 945. The Morgan fingerprint density at radius 3 is 2.81 bits per heavy atom. The SMILES string of the molecule is CC(C)c1ccccc1Nc1cnnc(NCc2ccc3c(c2)OCO3)n1. The van der Waals surface area contributed by atoms with Gasteiger partial charge in [0.1, 0.15) is 0 Å². The van der Waals surface area contributed by atoms with Crippen LogP contribution < -0.4 is 20.1 Å². The van der Waals surface area contributed by atoms with Crippen LogP contribution in [0, 0.1) is 0 Å². The smallest absolute Gasteiger partial charge is 0.244 e. The molecule has 0 saturated carbocycles. The lowest BCUT2D eigenvalue weighted by atomic mass is 10.0. The molecule has 0 unspecified atom stereocenters. The van der Waals surface area contributed by atoms with Crippen molar-refractivity contribution in [3.8, 4) is 11.5 Å². The predicted octanol–water partition coefficient (Wildman–Crippen LogP) is 4.08. The van der Waals surface area contributed by atoms with Gasteiger partial charge in [-0.3, -0.25) is 0 Å². The third kappa shape index (κ3) is 3.92. The van der Waals surface area contributed by atoms with Crippen LogP contribution in [0.25, 0.3) is 0 Å². The molecule has 0 aliphatic carbocycles. The fraction of sp³-hybridized carbons (Fsp3) is 0.250. The quantitative estimate of drug-likeness (QED) is 0.683. The third-order valence-corrected chi connectivity index (χ3v) is 4.29. The van der Waals surface area contributed by atoms with Crippen LogP contribution in [0.5, 0.6) is 11.5 Å². The topological polar surface area (TPSA) is 81.2 Å². The van der Waals surface area contributed by atoms with Gasteiger partial charge in [0, 0.05) is 12.2 Å². The minimum Gasteiger partial charge on any atom is -0.454 e. The maximum absolute atomic E-state index is 5.40. The summed E-state index contributed by atoms with van der Waals surface area (Å²) in [6, 6.07) is 14.0. The van der Waals surface area contributed by atoms with Crippen molar-refractivity contribution in [1.29, 1.82) is 0 Å². The zero-order valence-corrected chi connectivity index (χ0v) is 15.3. The van der Waals surface area contributed by atoms with E-state index in [9.17, 15) is 0 Å². The molecule has 0 amide bonds. The summed E-state index contributed by atoms with van der Waals surface area (Å²) in [6.45, 7) is 5.16. The van der Waals surface area contributed by atoms with Crippen molar-refractivity contribution in [2.75, 3.05) is 17.4 Å². The number of rotatable bonds is 6. The normalized spacial score (nSPS) is 12.3. The van der Waals surface area contributed by atoms with Crippen LogP contribution in [0.4, 0.5) is 17.5 Å². The molecule has 0 atom stereocenters. The monoisotopic (exact) mass is 363 g/mol. The molecular formula is C20H21N5O2. The number of fused-ring (bicyclic) bond motifs is 1. The van der Waals surface area contributed by atoms with Gasteiger partial charge in [0.25, 0.3) is 0 Å². The molecule has 1 aromatic heterocycles.